The van der Waals surface area contributed by atoms with Crippen LogP contribution >= 0.6 is 0 Å². The lowest BCUT2D eigenvalue weighted by atomic mass is 10.0. The quantitative estimate of drug-likeness (QED) is 0.747. The predicted octanol–water partition coefficient (Wildman–Crippen LogP) is 2.68. The molecule has 0 amide bonds. The third-order valence-electron chi connectivity index (χ3n) is 2.88. The molecule has 1 atom stereocenters. The Morgan fingerprint density at radius 2 is 2.00 bits per heavy atom. The van der Waals surface area contributed by atoms with E-state index in [1.807, 2.05) is 12.1 Å². The van der Waals surface area contributed by atoms with Crippen molar-refractivity contribution >= 4 is 5.97 Å². The van der Waals surface area contributed by atoms with Crippen molar-refractivity contribution in [2.75, 3.05) is 20.3 Å². The van der Waals surface area contributed by atoms with E-state index < -0.39 is 6.04 Å². The molecule has 0 saturated heterocycles. The van der Waals surface area contributed by atoms with E-state index >= 15 is 0 Å². The number of carbonyl (C=O) groups is 1. The van der Waals surface area contributed by atoms with Crippen molar-refractivity contribution in [3.63, 3.8) is 0 Å². The van der Waals surface area contributed by atoms with Gasteiger partial charge in [-0.2, -0.15) is 0 Å². The van der Waals surface area contributed by atoms with Gasteiger partial charge in [0.25, 0.3) is 0 Å². The minimum Gasteiger partial charge on any atom is -0.493 e. The first-order chi connectivity index (χ1) is 9.97. The van der Waals surface area contributed by atoms with Gasteiger partial charge in [0.05, 0.1) is 26.7 Å². The van der Waals surface area contributed by atoms with Crippen LogP contribution in [0.1, 0.15) is 38.8 Å². The van der Waals surface area contributed by atoms with Gasteiger partial charge in [-0.15, -0.1) is 0 Å². The maximum atomic E-state index is 11.5. The fourth-order valence-corrected chi connectivity index (χ4v) is 1.81. The van der Waals surface area contributed by atoms with Gasteiger partial charge in [-0.1, -0.05) is 19.9 Å². The van der Waals surface area contributed by atoms with Gasteiger partial charge in [0.15, 0.2) is 11.5 Å². The number of benzene rings is 1. The normalized spacial score (nSPS) is 12.1. The molecule has 0 aromatic heterocycles. The molecule has 0 unspecified atom stereocenters. The lowest BCUT2D eigenvalue weighted by molar-refractivity contribution is -0.143. The highest BCUT2D eigenvalue weighted by molar-refractivity contribution is 5.70. The summed E-state index contributed by atoms with van der Waals surface area (Å²) in [5, 5.41) is 0. The Morgan fingerprint density at radius 1 is 1.29 bits per heavy atom. The Kier molecular flexibility index (Phi) is 7.02. The van der Waals surface area contributed by atoms with Gasteiger partial charge in [-0.3, -0.25) is 4.79 Å². The van der Waals surface area contributed by atoms with Crippen LogP contribution in [-0.2, 0) is 9.53 Å². The van der Waals surface area contributed by atoms with Crippen molar-refractivity contribution < 1.29 is 19.0 Å². The van der Waals surface area contributed by atoms with Crippen molar-refractivity contribution in [2.45, 2.75) is 33.2 Å². The summed E-state index contributed by atoms with van der Waals surface area (Å²) in [6.07, 6.45) is 0.142. The van der Waals surface area contributed by atoms with Crippen LogP contribution in [0.25, 0.3) is 0 Å². The molecule has 21 heavy (non-hydrogen) atoms. The number of rotatable bonds is 8. The Morgan fingerprint density at radius 3 is 2.57 bits per heavy atom. The van der Waals surface area contributed by atoms with Gasteiger partial charge in [0.1, 0.15) is 0 Å². The third-order valence-corrected chi connectivity index (χ3v) is 2.88. The van der Waals surface area contributed by atoms with Gasteiger partial charge in [-0.25, -0.2) is 0 Å². The zero-order valence-electron chi connectivity index (χ0n) is 13.2. The second-order valence-corrected chi connectivity index (χ2v) is 5.23. The van der Waals surface area contributed by atoms with Crippen LogP contribution in [0.2, 0.25) is 0 Å². The molecule has 118 valence electrons. The molecule has 1 aromatic carbocycles. The Labute approximate surface area is 126 Å². The maximum absolute atomic E-state index is 11.5. The molecule has 5 heteroatoms. The van der Waals surface area contributed by atoms with Crippen LogP contribution in [-0.4, -0.2) is 26.3 Å². The van der Waals surface area contributed by atoms with Crippen LogP contribution in [0.5, 0.6) is 11.5 Å². The highest BCUT2D eigenvalue weighted by Gasteiger charge is 2.15. The zero-order chi connectivity index (χ0) is 15.8. The van der Waals surface area contributed by atoms with Gasteiger partial charge >= 0.3 is 5.97 Å². The zero-order valence-corrected chi connectivity index (χ0v) is 13.2. The van der Waals surface area contributed by atoms with Crippen LogP contribution in [0.3, 0.4) is 0 Å². The predicted molar refractivity (Wildman–Crippen MR) is 81.5 cm³/mol. The first-order valence-electron chi connectivity index (χ1n) is 7.19. The first kappa shape index (κ1) is 17.3. The SMILES string of the molecule is CCOC(=O)C[C@@H](N)c1ccc(OCC(C)C)c(OC)c1. The standard InChI is InChI=1S/C16H25NO4/c1-5-20-16(18)9-13(17)12-6-7-14(15(8-12)19-4)21-10-11(2)3/h6-8,11,13H,5,9-10,17H2,1-4H3/t13-/m1/s1. The van der Waals surface area contributed by atoms with E-state index in [-0.39, 0.29) is 12.4 Å². The molecule has 0 aliphatic carbocycles. The van der Waals surface area contributed by atoms with Gasteiger partial charge in [0, 0.05) is 6.04 Å². The van der Waals surface area contributed by atoms with Crippen molar-refractivity contribution in [3.8, 4) is 11.5 Å². The van der Waals surface area contributed by atoms with Crippen molar-refractivity contribution in [1.82, 2.24) is 0 Å². The number of hydrogen-bond acceptors (Lipinski definition) is 5. The molecule has 0 heterocycles. The fraction of sp³-hybridized carbons (Fsp3) is 0.562. The number of hydrogen-bond donors (Lipinski definition) is 1. The average molecular weight is 295 g/mol. The van der Waals surface area contributed by atoms with E-state index in [0.29, 0.717) is 30.6 Å². The second-order valence-electron chi connectivity index (χ2n) is 5.23. The van der Waals surface area contributed by atoms with E-state index in [4.69, 9.17) is 19.9 Å². The molecule has 0 saturated carbocycles. The molecule has 0 aliphatic rings. The highest BCUT2D eigenvalue weighted by Crippen LogP contribution is 2.31. The van der Waals surface area contributed by atoms with Crippen LogP contribution in [0.4, 0.5) is 0 Å². The van der Waals surface area contributed by atoms with Crippen LogP contribution in [0, 0.1) is 5.92 Å². The molecule has 5 nitrogen and oxygen atoms in total. The molecule has 0 radical (unpaired) electrons. The molecule has 2 N–H and O–H groups in total. The first-order valence-corrected chi connectivity index (χ1v) is 7.19. The van der Waals surface area contributed by atoms with E-state index in [1.54, 1.807) is 20.1 Å². The Balaban J connectivity index is 2.78. The number of carbonyl (C=O) groups excluding carboxylic acids is 1. The van der Waals surface area contributed by atoms with E-state index in [9.17, 15) is 4.79 Å². The summed E-state index contributed by atoms with van der Waals surface area (Å²) in [7, 11) is 1.58. The Bertz CT molecular complexity index is 460. The molecule has 0 spiro atoms. The second kappa shape index (κ2) is 8.52. The lowest BCUT2D eigenvalue weighted by Gasteiger charge is -2.16. The monoisotopic (exact) mass is 295 g/mol. The number of esters is 1. The van der Waals surface area contributed by atoms with Crippen LogP contribution in [0.15, 0.2) is 18.2 Å². The van der Waals surface area contributed by atoms with Crippen molar-refractivity contribution in [2.24, 2.45) is 11.7 Å². The molecule has 0 bridgehead atoms. The maximum Gasteiger partial charge on any atom is 0.307 e. The van der Waals surface area contributed by atoms with Crippen molar-refractivity contribution in [3.05, 3.63) is 23.8 Å². The van der Waals surface area contributed by atoms with E-state index in [1.165, 1.54) is 0 Å². The lowest BCUT2D eigenvalue weighted by Crippen LogP contribution is -2.17. The van der Waals surface area contributed by atoms with Crippen molar-refractivity contribution in [1.29, 1.82) is 0 Å². The molecule has 1 rings (SSSR count). The average Bonchev–Trinajstić information content (AvgIpc) is 2.44. The summed E-state index contributed by atoms with van der Waals surface area (Å²) in [4.78, 5) is 11.5. The summed E-state index contributed by atoms with van der Waals surface area (Å²) >= 11 is 0. The summed E-state index contributed by atoms with van der Waals surface area (Å²) in [6.45, 7) is 6.90. The minimum atomic E-state index is -0.419. The number of methoxy groups -OCH3 is 1. The number of nitrogens with two attached hydrogens (primary N) is 1. The number of ether oxygens (including phenoxy) is 3. The Hall–Kier alpha value is -1.75. The van der Waals surface area contributed by atoms with Gasteiger partial charge in [0.2, 0.25) is 0 Å². The summed E-state index contributed by atoms with van der Waals surface area (Å²) < 4.78 is 15.9. The topological polar surface area (TPSA) is 70.8 Å². The molecule has 0 aliphatic heterocycles. The van der Waals surface area contributed by atoms with Crippen LogP contribution < -0.4 is 15.2 Å². The summed E-state index contributed by atoms with van der Waals surface area (Å²) in [6, 6.07) is 5.06. The van der Waals surface area contributed by atoms with Gasteiger partial charge in [-0.05, 0) is 30.5 Å². The van der Waals surface area contributed by atoms with E-state index in [0.717, 1.165) is 5.56 Å². The highest BCUT2D eigenvalue weighted by atomic mass is 16.5. The molecular weight excluding hydrogens is 270 g/mol. The molecule has 0 fully saturated rings. The third kappa shape index (κ3) is 5.63. The smallest absolute Gasteiger partial charge is 0.307 e. The minimum absolute atomic E-state index is 0.142. The molecular formula is C16H25NO4. The van der Waals surface area contributed by atoms with E-state index in [2.05, 4.69) is 13.8 Å². The molecule has 1 aromatic rings. The summed E-state index contributed by atoms with van der Waals surface area (Å²) in [5.41, 5.74) is 6.84. The summed E-state index contributed by atoms with van der Waals surface area (Å²) in [5.74, 6) is 1.43. The fourth-order valence-electron chi connectivity index (χ4n) is 1.81. The van der Waals surface area contributed by atoms with Gasteiger partial charge < -0.3 is 19.9 Å². The largest absolute Gasteiger partial charge is 0.493 e.